The molecule has 136 valence electrons. The summed E-state index contributed by atoms with van der Waals surface area (Å²) < 4.78 is 11.6. The molecule has 0 aliphatic rings. The maximum atomic E-state index is 8.12. The number of hydrogen-bond acceptors (Lipinski definition) is 7. The van der Waals surface area contributed by atoms with Gasteiger partial charge in [-0.15, -0.1) is 11.3 Å². The first-order chi connectivity index (χ1) is 13.7. The molecule has 0 bridgehead atoms. The highest BCUT2D eigenvalue weighted by Gasteiger charge is 2.14. The molecule has 0 spiro atoms. The van der Waals surface area contributed by atoms with Crippen molar-refractivity contribution in [1.29, 1.82) is 5.41 Å². The topological polar surface area (TPSA) is 88.3 Å². The molecule has 0 aliphatic heterocycles. The zero-order valence-electron chi connectivity index (χ0n) is 14.8. The monoisotopic (exact) mass is 386 g/mol. The van der Waals surface area contributed by atoms with E-state index in [2.05, 4.69) is 15.0 Å². The van der Waals surface area contributed by atoms with E-state index in [4.69, 9.17) is 14.2 Å². The number of benzene rings is 2. The zero-order valence-corrected chi connectivity index (χ0v) is 15.7. The molecule has 28 heavy (non-hydrogen) atoms. The summed E-state index contributed by atoms with van der Waals surface area (Å²) >= 11 is 1.45. The summed E-state index contributed by atoms with van der Waals surface area (Å²) in [4.78, 5) is 15.0. The Morgan fingerprint density at radius 3 is 2.04 bits per heavy atom. The minimum atomic E-state index is 0.0936. The van der Waals surface area contributed by atoms with Gasteiger partial charge in [-0.25, -0.2) is 9.97 Å². The maximum Gasteiger partial charge on any atom is 0.239 e. The SMILES string of the molecule is CN=c1oc(-c2ccc(-c3nc4ccccc4c(=N)o3)s2)nc2ccccc12. The first-order valence-electron chi connectivity index (χ1n) is 8.61. The number of nitrogens with one attached hydrogen (secondary N) is 1. The van der Waals surface area contributed by atoms with Crippen molar-refractivity contribution in [2.45, 2.75) is 0 Å². The fourth-order valence-electron chi connectivity index (χ4n) is 3.02. The normalized spacial score (nSPS) is 12.1. The molecule has 3 heterocycles. The van der Waals surface area contributed by atoms with Gasteiger partial charge in [0.1, 0.15) is 0 Å². The molecule has 0 unspecified atom stereocenters. The molecular weight excluding hydrogens is 372 g/mol. The molecule has 0 saturated carbocycles. The van der Waals surface area contributed by atoms with E-state index in [-0.39, 0.29) is 5.55 Å². The summed E-state index contributed by atoms with van der Waals surface area (Å²) in [6, 6.07) is 19.0. The molecule has 5 aromatic rings. The van der Waals surface area contributed by atoms with Crippen molar-refractivity contribution >= 4 is 33.1 Å². The summed E-state index contributed by atoms with van der Waals surface area (Å²) in [5.41, 5.74) is 2.18. The second-order valence-corrected chi connectivity index (χ2v) is 7.18. The number of hydrogen-bond donors (Lipinski definition) is 1. The van der Waals surface area contributed by atoms with Gasteiger partial charge in [-0.2, -0.15) is 0 Å². The molecule has 0 saturated heterocycles. The van der Waals surface area contributed by atoms with Crippen molar-refractivity contribution in [1.82, 2.24) is 9.97 Å². The lowest BCUT2D eigenvalue weighted by atomic mass is 10.2. The Bertz CT molecular complexity index is 1460. The average Bonchev–Trinajstić information content (AvgIpc) is 3.23. The Labute approximate surface area is 163 Å². The Morgan fingerprint density at radius 2 is 1.36 bits per heavy atom. The van der Waals surface area contributed by atoms with Crippen molar-refractivity contribution < 1.29 is 8.83 Å². The van der Waals surface area contributed by atoms with Gasteiger partial charge >= 0.3 is 0 Å². The minimum absolute atomic E-state index is 0.0936. The summed E-state index contributed by atoms with van der Waals surface area (Å²) in [7, 11) is 1.70. The van der Waals surface area contributed by atoms with Gasteiger partial charge in [-0.05, 0) is 36.4 Å². The van der Waals surface area contributed by atoms with Gasteiger partial charge < -0.3 is 8.83 Å². The lowest BCUT2D eigenvalue weighted by Gasteiger charge is -2.01. The van der Waals surface area contributed by atoms with E-state index in [0.717, 1.165) is 26.2 Å². The van der Waals surface area contributed by atoms with E-state index in [1.54, 1.807) is 7.05 Å². The van der Waals surface area contributed by atoms with Crippen LogP contribution < -0.4 is 11.1 Å². The van der Waals surface area contributed by atoms with Gasteiger partial charge in [0.15, 0.2) is 0 Å². The number of rotatable bonds is 2. The molecule has 6 nitrogen and oxygen atoms in total. The van der Waals surface area contributed by atoms with E-state index < -0.39 is 0 Å². The van der Waals surface area contributed by atoms with Crippen LogP contribution in [0.15, 0.2) is 74.5 Å². The lowest BCUT2D eigenvalue weighted by Crippen LogP contribution is -2.04. The van der Waals surface area contributed by atoms with E-state index >= 15 is 0 Å². The van der Waals surface area contributed by atoms with Crippen LogP contribution in [0.4, 0.5) is 0 Å². The quantitative estimate of drug-likeness (QED) is 0.488. The fraction of sp³-hybridized carbons (Fsp3) is 0.0476. The molecule has 0 atom stereocenters. The van der Waals surface area contributed by atoms with Crippen molar-refractivity contribution in [2.75, 3.05) is 7.05 Å². The van der Waals surface area contributed by atoms with Crippen LogP contribution in [0.5, 0.6) is 0 Å². The Morgan fingerprint density at radius 1 is 0.786 bits per heavy atom. The Balaban J connectivity index is 1.64. The molecular formula is C21H14N4O2S. The van der Waals surface area contributed by atoms with Crippen LogP contribution >= 0.6 is 11.3 Å². The highest BCUT2D eigenvalue weighted by Crippen LogP contribution is 2.33. The summed E-state index contributed by atoms with van der Waals surface area (Å²) in [6.45, 7) is 0. The molecule has 5 rings (SSSR count). The number of thiophene rings is 1. The molecule has 0 aliphatic carbocycles. The third kappa shape index (κ3) is 2.73. The number of fused-ring (bicyclic) bond motifs is 2. The summed E-state index contributed by atoms with van der Waals surface area (Å²) in [5.74, 6) is 0.892. The van der Waals surface area contributed by atoms with Crippen LogP contribution in [0.2, 0.25) is 0 Å². The van der Waals surface area contributed by atoms with E-state index in [9.17, 15) is 0 Å². The fourth-order valence-corrected chi connectivity index (χ4v) is 3.88. The highest BCUT2D eigenvalue weighted by molar-refractivity contribution is 7.18. The molecule has 2 aromatic carbocycles. The molecule has 0 radical (unpaired) electrons. The molecule has 0 amide bonds. The molecule has 3 aromatic heterocycles. The van der Waals surface area contributed by atoms with E-state index in [1.807, 2.05) is 60.7 Å². The van der Waals surface area contributed by atoms with E-state index in [0.29, 0.717) is 22.7 Å². The van der Waals surface area contributed by atoms with Gasteiger partial charge in [-0.3, -0.25) is 10.4 Å². The predicted octanol–water partition coefficient (Wildman–Crippen LogP) is 4.37. The van der Waals surface area contributed by atoms with Gasteiger partial charge in [0, 0.05) is 7.05 Å². The first-order valence-corrected chi connectivity index (χ1v) is 9.42. The average molecular weight is 386 g/mol. The van der Waals surface area contributed by atoms with Crippen LogP contribution in [-0.2, 0) is 0 Å². The lowest BCUT2D eigenvalue weighted by molar-refractivity contribution is 0.496. The van der Waals surface area contributed by atoms with Crippen LogP contribution in [0, 0.1) is 5.41 Å². The largest absolute Gasteiger partial charge is 0.419 e. The summed E-state index contributed by atoms with van der Waals surface area (Å²) in [6.07, 6.45) is 0. The Kier molecular flexibility index (Phi) is 3.87. The minimum Gasteiger partial charge on any atom is -0.419 e. The molecule has 7 heteroatoms. The van der Waals surface area contributed by atoms with Crippen LogP contribution in [0.1, 0.15) is 0 Å². The van der Waals surface area contributed by atoms with Crippen molar-refractivity contribution in [2.24, 2.45) is 4.99 Å². The van der Waals surface area contributed by atoms with Crippen LogP contribution in [-0.4, -0.2) is 17.0 Å². The second kappa shape index (κ2) is 6.54. The number of para-hydroxylation sites is 2. The zero-order chi connectivity index (χ0) is 19.1. The number of nitrogens with zero attached hydrogens (tertiary/aromatic N) is 3. The maximum absolute atomic E-state index is 8.12. The van der Waals surface area contributed by atoms with Gasteiger partial charge in [-0.1, -0.05) is 24.3 Å². The van der Waals surface area contributed by atoms with Gasteiger partial charge in [0.2, 0.25) is 22.9 Å². The van der Waals surface area contributed by atoms with Crippen molar-refractivity contribution in [3.8, 4) is 21.5 Å². The van der Waals surface area contributed by atoms with Gasteiger partial charge in [0.25, 0.3) is 0 Å². The van der Waals surface area contributed by atoms with Crippen LogP contribution in [0.25, 0.3) is 43.3 Å². The molecule has 1 N–H and O–H groups in total. The van der Waals surface area contributed by atoms with Crippen molar-refractivity contribution in [3.05, 3.63) is 71.8 Å². The van der Waals surface area contributed by atoms with Gasteiger partial charge in [0.05, 0.1) is 31.6 Å². The molecule has 0 fully saturated rings. The third-order valence-electron chi connectivity index (χ3n) is 4.35. The van der Waals surface area contributed by atoms with E-state index in [1.165, 1.54) is 11.3 Å². The first kappa shape index (κ1) is 16.6. The third-order valence-corrected chi connectivity index (χ3v) is 5.41. The second-order valence-electron chi connectivity index (χ2n) is 6.09. The smallest absolute Gasteiger partial charge is 0.239 e. The van der Waals surface area contributed by atoms with Crippen molar-refractivity contribution in [3.63, 3.8) is 0 Å². The number of aromatic nitrogens is 2. The van der Waals surface area contributed by atoms with Crippen LogP contribution in [0.3, 0.4) is 0 Å². The Hall–Kier alpha value is -3.58. The highest BCUT2D eigenvalue weighted by atomic mass is 32.1. The summed E-state index contributed by atoms with van der Waals surface area (Å²) in [5, 5.41) is 9.68. The standard InChI is InChI=1S/C21H14N4O2S/c1-23-19-13-7-3-5-9-15(13)25-21(27-19)17-11-10-16(28-17)20-24-14-8-4-2-6-12(14)18(22)26-20/h2-11,22H,1H3. The predicted molar refractivity (Wildman–Crippen MR) is 108 cm³/mol.